The Kier molecular flexibility index (Phi) is 2.92. The van der Waals surface area contributed by atoms with Crippen molar-refractivity contribution in [2.24, 2.45) is 5.84 Å². The van der Waals surface area contributed by atoms with Crippen LogP contribution in [0, 0.1) is 5.82 Å². The second-order valence-corrected chi connectivity index (χ2v) is 4.27. The maximum atomic E-state index is 12.9. The number of benzene rings is 1. The van der Waals surface area contributed by atoms with Crippen LogP contribution in [0.15, 0.2) is 24.3 Å². The van der Waals surface area contributed by atoms with Gasteiger partial charge < -0.3 is 0 Å². The second-order valence-electron chi connectivity index (χ2n) is 4.27. The maximum Gasteiger partial charge on any atom is 0.244 e. The van der Waals surface area contributed by atoms with Crippen molar-refractivity contribution >= 4 is 5.91 Å². The lowest BCUT2D eigenvalue weighted by Gasteiger charge is -2.27. The second kappa shape index (κ2) is 4.22. The number of hydrogen-bond donors (Lipinski definition) is 2. The molecule has 3 N–H and O–H groups in total. The normalized spacial score (nSPS) is 18.4. The van der Waals surface area contributed by atoms with Crippen molar-refractivity contribution in [2.75, 3.05) is 0 Å². The molecule has 3 nitrogen and oxygen atoms in total. The summed E-state index contributed by atoms with van der Waals surface area (Å²) >= 11 is 0. The number of carbonyl (C=O) groups excluding carboxylic acids is 1. The Labute approximate surface area is 93.8 Å². The molecule has 0 unspecified atom stereocenters. The molecule has 4 heteroatoms. The molecule has 1 aliphatic carbocycles. The summed E-state index contributed by atoms with van der Waals surface area (Å²) in [5, 5.41) is 0. The highest BCUT2D eigenvalue weighted by Crippen LogP contribution is 2.41. The molecule has 16 heavy (non-hydrogen) atoms. The fraction of sp³-hybridized carbons (Fsp3) is 0.417. The highest BCUT2D eigenvalue weighted by atomic mass is 19.1. The van der Waals surface area contributed by atoms with E-state index in [0.717, 1.165) is 31.2 Å². The average Bonchev–Trinajstić information content (AvgIpc) is 2.79. The summed E-state index contributed by atoms with van der Waals surface area (Å²) in [6.07, 6.45) is 3.57. The molecule has 0 atom stereocenters. The van der Waals surface area contributed by atoms with E-state index < -0.39 is 5.41 Å². The smallest absolute Gasteiger partial charge is 0.244 e. The van der Waals surface area contributed by atoms with Crippen LogP contribution >= 0.6 is 0 Å². The summed E-state index contributed by atoms with van der Waals surface area (Å²) in [6, 6.07) is 6.13. The fourth-order valence-electron chi connectivity index (χ4n) is 2.53. The van der Waals surface area contributed by atoms with Gasteiger partial charge in [-0.15, -0.1) is 0 Å². The van der Waals surface area contributed by atoms with Crippen LogP contribution in [0.3, 0.4) is 0 Å². The molecule has 0 radical (unpaired) electrons. The van der Waals surface area contributed by atoms with Gasteiger partial charge in [0.2, 0.25) is 5.91 Å². The monoisotopic (exact) mass is 222 g/mol. The maximum absolute atomic E-state index is 12.9. The van der Waals surface area contributed by atoms with Crippen molar-refractivity contribution in [3.05, 3.63) is 35.6 Å². The molecular formula is C12H15FN2O. The number of carbonyl (C=O) groups is 1. The van der Waals surface area contributed by atoms with Crippen molar-refractivity contribution in [2.45, 2.75) is 31.1 Å². The lowest BCUT2D eigenvalue weighted by atomic mass is 9.78. The van der Waals surface area contributed by atoms with E-state index in [9.17, 15) is 9.18 Å². The Balaban J connectivity index is 2.39. The molecule has 1 aromatic carbocycles. The molecule has 0 saturated heterocycles. The summed E-state index contributed by atoms with van der Waals surface area (Å²) in [5.74, 6) is 4.77. The van der Waals surface area contributed by atoms with Crippen LogP contribution < -0.4 is 11.3 Å². The summed E-state index contributed by atoms with van der Waals surface area (Å²) in [7, 11) is 0. The van der Waals surface area contributed by atoms with Gasteiger partial charge in [-0.3, -0.25) is 10.2 Å². The molecule has 1 aromatic rings. The summed E-state index contributed by atoms with van der Waals surface area (Å²) in [4.78, 5) is 11.9. The summed E-state index contributed by atoms with van der Waals surface area (Å²) in [5.41, 5.74) is 2.53. The van der Waals surface area contributed by atoms with E-state index in [1.807, 2.05) is 0 Å². The molecule has 1 aliphatic rings. The fourth-order valence-corrected chi connectivity index (χ4v) is 2.53. The van der Waals surface area contributed by atoms with E-state index in [4.69, 9.17) is 5.84 Å². The first-order valence-corrected chi connectivity index (χ1v) is 5.46. The van der Waals surface area contributed by atoms with Crippen molar-refractivity contribution in [1.29, 1.82) is 0 Å². The topological polar surface area (TPSA) is 55.1 Å². The number of nitrogens with two attached hydrogens (primary N) is 1. The van der Waals surface area contributed by atoms with Gasteiger partial charge in [-0.05, 0) is 30.5 Å². The Morgan fingerprint density at radius 2 is 1.81 bits per heavy atom. The molecule has 1 fully saturated rings. The van der Waals surface area contributed by atoms with E-state index in [-0.39, 0.29) is 11.7 Å². The first-order valence-electron chi connectivity index (χ1n) is 5.46. The summed E-state index contributed by atoms with van der Waals surface area (Å²) in [6.45, 7) is 0. The number of nitrogens with one attached hydrogen (secondary N) is 1. The Morgan fingerprint density at radius 1 is 1.25 bits per heavy atom. The van der Waals surface area contributed by atoms with Gasteiger partial charge >= 0.3 is 0 Å². The van der Waals surface area contributed by atoms with Crippen LogP contribution in [0.1, 0.15) is 31.2 Å². The van der Waals surface area contributed by atoms with E-state index in [1.54, 1.807) is 12.1 Å². The van der Waals surface area contributed by atoms with Crippen LogP contribution in [-0.2, 0) is 10.2 Å². The van der Waals surface area contributed by atoms with Gasteiger partial charge in [0.15, 0.2) is 0 Å². The minimum atomic E-state index is -0.553. The molecule has 0 aliphatic heterocycles. The molecule has 0 heterocycles. The molecule has 2 rings (SSSR count). The predicted octanol–water partition coefficient (Wildman–Crippen LogP) is 1.63. The zero-order valence-corrected chi connectivity index (χ0v) is 9.00. The number of amides is 1. The lowest BCUT2D eigenvalue weighted by molar-refractivity contribution is -0.126. The molecule has 0 bridgehead atoms. The Bertz CT molecular complexity index is 383. The zero-order valence-electron chi connectivity index (χ0n) is 9.00. The molecular weight excluding hydrogens is 207 g/mol. The van der Waals surface area contributed by atoms with Gasteiger partial charge in [0.1, 0.15) is 5.82 Å². The van der Waals surface area contributed by atoms with Crippen molar-refractivity contribution < 1.29 is 9.18 Å². The van der Waals surface area contributed by atoms with E-state index in [2.05, 4.69) is 5.43 Å². The predicted molar refractivity (Wildman–Crippen MR) is 58.9 cm³/mol. The lowest BCUT2D eigenvalue weighted by Crippen LogP contribution is -2.45. The first-order chi connectivity index (χ1) is 7.69. The van der Waals surface area contributed by atoms with Crippen LogP contribution in [0.25, 0.3) is 0 Å². The Hall–Kier alpha value is -1.42. The number of hydrazine groups is 1. The molecule has 1 amide bonds. The van der Waals surface area contributed by atoms with E-state index in [1.165, 1.54) is 12.1 Å². The Morgan fingerprint density at radius 3 is 2.31 bits per heavy atom. The van der Waals surface area contributed by atoms with Crippen LogP contribution in [0.5, 0.6) is 0 Å². The van der Waals surface area contributed by atoms with Crippen molar-refractivity contribution in [3.63, 3.8) is 0 Å². The van der Waals surface area contributed by atoms with Gasteiger partial charge in [0, 0.05) is 0 Å². The largest absolute Gasteiger partial charge is 0.293 e. The van der Waals surface area contributed by atoms with Crippen LogP contribution in [0.2, 0.25) is 0 Å². The summed E-state index contributed by atoms with van der Waals surface area (Å²) < 4.78 is 12.9. The molecule has 1 saturated carbocycles. The van der Waals surface area contributed by atoms with E-state index in [0.29, 0.717) is 0 Å². The number of rotatable bonds is 2. The zero-order chi connectivity index (χ0) is 11.6. The van der Waals surface area contributed by atoms with Crippen LogP contribution in [-0.4, -0.2) is 5.91 Å². The quantitative estimate of drug-likeness (QED) is 0.454. The van der Waals surface area contributed by atoms with Crippen LogP contribution in [0.4, 0.5) is 4.39 Å². The van der Waals surface area contributed by atoms with Gasteiger partial charge in [0.25, 0.3) is 0 Å². The highest BCUT2D eigenvalue weighted by Gasteiger charge is 2.42. The van der Waals surface area contributed by atoms with Crippen molar-refractivity contribution in [1.82, 2.24) is 5.43 Å². The third kappa shape index (κ3) is 1.69. The van der Waals surface area contributed by atoms with Gasteiger partial charge in [0.05, 0.1) is 5.41 Å². The van der Waals surface area contributed by atoms with Gasteiger partial charge in [-0.25, -0.2) is 10.2 Å². The van der Waals surface area contributed by atoms with Crippen molar-refractivity contribution in [3.8, 4) is 0 Å². The molecule has 0 spiro atoms. The van der Waals surface area contributed by atoms with Gasteiger partial charge in [-0.2, -0.15) is 0 Å². The minimum absolute atomic E-state index is 0.170. The minimum Gasteiger partial charge on any atom is -0.293 e. The number of halogens is 1. The SMILES string of the molecule is NNC(=O)C1(c2ccc(F)cc2)CCCC1. The van der Waals surface area contributed by atoms with Gasteiger partial charge in [-0.1, -0.05) is 25.0 Å². The third-order valence-electron chi connectivity index (χ3n) is 3.42. The highest BCUT2D eigenvalue weighted by molar-refractivity contribution is 5.88. The molecule has 0 aromatic heterocycles. The number of hydrogen-bond acceptors (Lipinski definition) is 2. The average molecular weight is 222 g/mol. The van der Waals surface area contributed by atoms with E-state index >= 15 is 0 Å². The molecule has 86 valence electrons. The standard InChI is InChI=1S/C12H15FN2O/c13-10-5-3-9(4-6-10)12(11(16)15-14)7-1-2-8-12/h3-6H,1-2,7-8,14H2,(H,15,16). The first kappa shape index (κ1) is 11.1. The third-order valence-corrected chi connectivity index (χ3v) is 3.42.